The summed E-state index contributed by atoms with van der Waals surface area (Å²) in [6.07, 6.45) is 1.52. The third-order valence-electron chi connectivity index (χ3n) is 2.97. The molecule has 0 aliphatic rings. The highest BCUT2D eigenvalue weighted by atomic mass is 19.1. The third-order valence-corrected chi connectivity index (χ3v) is 2.97. The molecule has 0 aliphatic carbocycles. The van der Waals surface area contributed by atoms with Crippen molar-refractivity contribution in [1.82, 2.24) is 0 Å². The Bertz CT molecular complexity index is 475. The average Bonchev–Trinajstić information content (AvgIpc) is 2.28. The Balaban J connectivity index is 1.98. The fraction of sp³-hybridized carbons (Fsp3) is 0.250. The van der Waals surface area contributed by atoms with Crippen molar-refractivity contribution in [2.75, 3.05) is 0 Å². The minimum Gasteiger partial charge on any atom is -0.327 e. The van der Waals surface area contributed by atoms with Gasteiger partial charge in [0.15, 0.2) is 0 Å². The number of benzene rings is 2. The SMILES string of the molecule is Cc1cccc(CC(N)Cc2cccc(F)c2)c1. The van der Waals surface area contributed by atoms with E-state index in [9.17, 15) is 4.39 Å². The van der Waals surface area contributed by atoms with E-state index in [0.29, 0.717) is 6.42 Å². The lowest BCUT2D eigenvalue weighted by Gasteiger charge is -2.12. The van der Waals surface area contributed by atoms with Crippen LogP contribution in [0.5, 0.6) is 0 Å². The Kier molecular flexibility index (Phi) is 4.11. The van der Waals surface area contributed by atoms with Crippen molar-refractivity contribution in [2.24, 2.45) is 5.73 Å². The molecule has 2 heteroatoms. The highest BCUT2D eigenvalue weighted by Gasteiger charge is 2.06. The van der Waals surface area contributed by atoms with Gasteiger partial charge in [-0.15, -0.1) is 0 Å². The molecule has 0 heterocycles. The van der Waals surface area contributed by atoms with Crippen LogP contribution in [0.2, 0.25) is 0 Å². The van der Waals surface area contributed by atoms with Crippen LogP contribution in [0.1, 0.15) is 16.7 Å². The summed E-state index contributed by atoms with van der Waals surface area (Å²) in [6.45, 7) is 2.07. The molecule has 0 fully saturated rings. The molecule has 0 saturated heterocycles. The summed E-state index contributed by atoms with van der Waals surface area (Å²) in [4.78, 5) is 0. The molecular formula is C16H18FN. The molecule has 2 N–H and O–H groups in total. The average molecular weight is 243 g/mol. The highest BCUT2D eigenvalue weighted by molar-refractivity contribution is 5.24. The summed E-state index contributed by atoms with van der Waals surface area (Å²) in [5, 5.41) is 0. The summed E-state index contributed by atoms with van der Waals surface area (Å²) in [6, 6.07) is 15.0. The molecule has 1 atom stereocenters. The maximum atomic E-state index is 13.1. The van der Waals surface area contributed by atoms with E-state index in [-0.39, 0.29) is 11.9 Å². The zero-order valence-corrected chi connectivity index (χ0v) is 10.6. The zero-order chi connectivity index (χ0) is 13.0. The normalized spacial score (nSPS) is 12.4. The summed E-state index contributed by atoms with van der Waals surface area (Å²) in [5.74, 6) is -0.199. The molecule has 0 amide bonds. The van der Waals surface area contributed by atoms with Crippen molar-refractivity contribution in [3.8, 4) is 0 Å². The molecule has 1 nitrogen and oxygen atoms in total. The number of hydrogen-bond acceptors (Lipinski definition) is 1. The summed E-state index contributed by atoms with van der Waals surface area (Å²) >= 11 is 0. The van der Waals surface area contributed by atoms with Crippen LogP contribution in [0.25, 0.3) is 0 Å². The molecule has 18 heavy (non-hydrogen) atoms. The van der Waals surface area contributed by atoms with Gasteiger partial charge in [-0.1, -0.05) is 42.0 Å². The molecule has 0 bridgehead atoms. The Morgan fingerprint density at radius 1 is 1.00 bits per heavy atom. The van der Waals surface area contributed by atoms with Crippen LogP contribution in [0, 0.1) is 12.7 Å². The third kappa shape index (κ3) is 3.67. The number of rotatable bonds is 4. The quantitative estimate of drug-likeness (QED) is 0.876. The standard InChI is InChI=1S/C16H18FN/c1-12-4-2-5-13(8-12)10-16(18)11-14-6-3-7-15(17)9-14/h2-9,16H,10-11,18H2,1H3. The zero-order valence-electron chi connectivity index (χ0n) is 10.6. The van der Waals surface area contributed by atoms with Crippen LogP contribution >= 0.6 is 0 Å². The minimum atomic E-state index is -0.199. The first-order valence-electron chi connectivity index (χ1n) is 6.19. The van der Waals surface area contributed by atoms with Crippen molar-refractivity contribution >= 4 is 0 Å². The summed E-state index contributed by atoms with van der Waals surface area (Å²) < 4.78 is 13.1. The van der Waals surface area contributed by atoms with Gasteiger partial charge in [0.05, 0.1) is 0 Å². The molecular weight excluding hydrogens is 225 g/mol. The Hall–Kier alpha value is -1.67. The second-order valence-electron chi connectivity index (χ2n) is 4.79. The monoisotopic (exact) mass is 243 g/mol. The van der Waals surface area contributed by atoms with Crippen molar-refractivity contribution in [2.45, 2.75) is 25.8 Å². The maximum Gasteiger partial charge on any atom is 0.123 e. The lowest BCUT2D eigenvalue weighted by molar-refractivity contribution is 0.618. The van der Waals surface area contributed by atoms with E-state index >= 15 is 0 Å². The van der Waals surface area contributed by atoms with Gasteiger partial charge in [-0.2, -0.15) is 0 Å². The molecule has 0 radical (unpaired) electrons. The van der Waals surface area contributed by atoms with E-state index in [4.69, 9.17) is 5.73 Å². The summed E-state index contributed by atoms with van der Waals surface area (Å²) in [5.41, 5.74) is 9.55. The molecule has 1 unspecified atom stereocenters. The number of hydrogen-bond donors (Lipinski definition) is 1. The largest absolute Gasteiger partial charge is 0.327 e. The van der Waals surface area contributed by atoms with Crippen molar-refractivity contribution in [1.29, 1.82) is 0 Å². The van der Waals surface area contributed by atoms with Crippen molar-refractivity contribution < 1.29 is 4.39 Å². The number of nitrogens with two attached hydrogens (primary N) is 1. The van der Waals surface area contributed by atoms with E-state index in [0.717, 1.165) is 12.0 Å². The fourth-order valence-corrected chi connectivity index (χ4v) is 2.18. The molecule has 2 rings (SSSR count). The van der Waals surface area contributed by atoms with Crippen LogP contribution in [-0.4, -0.2) is 6.04 Å². The first-order chi connectivity index (χ1) is 8.63. The molecule has 0 spiro atoms. The first kappa shape index (κ1) is 12.8. The van der Waals surface area contributed by atoms with Gasteiger partial charge in [0, 0.05) is 6.04 Å². The minimum absolute atomic E-state index is 0.0219. The van der Waals surface area contributed by atoms with Crippen LogP contribution in [0.15, 0.2) is 48.5 Å². The fourth-order valence-electron chi connectivity index (χ4n) is 2.18. The van der Waals surface area contributed by atoms with Gasteiger partial charge in [-0.05, 0) is 43.0 Å². The summed E-state index contributed by atoms with van der Waals surface area (Å²) in [7, 11) is 0. The highest BCUT2D eigenvalue weighted by Crippen LogP contribution is 2.10. The van der Waals surface area contributed by atoms with Gasteiger partial charge in [0.25, 0.3) is 0 Å². The lowest BCUT2D eigenvalue weighted by atomic mass is 9.99. The maximum absolute atomic E-state index is 13.1. The predicted molar refractivity (Wildman–Crippen MR) is 73.0 cm³/mol. The van der Waals surface area contributed by atoms with Gasteiger partial charge in [-0.3, -0.25) is 0 Å². The lowest BCUT2D eigenvalue weighted by Crippen LogP contribution is -2.25. The molecule has 0 saturated carbocycles. The van der Waals surface area contributed by atoms with Crippen molar-refractivity contribution in [3.05, 3.63) is 71.0 Å². The molecule has 2 aromatic carbocycles. The number of aryl methyl sites for hydroxylation is 1. The van der Waals surface area contributed by atoms with Crippen LogP contribution < -0.4 is 5.73 Å². The topological polar surface area (TPSA) is 26.0 Å². The van der Waals surface area contributed by atoms with E-state index in [1.807, 2.05) is 12.1 Å². The predicted octanol–water partition coefficient (Wildman–Crippen LogP) is 3.25. The van der Waals surface area contributed by atoms with Gasteiger partial charge in [0.2, 0.25) is 0 Å². The van der Waals surface area contributed by atoms with E-state index < -0.39 is 0 Å². The van der Waals surface area contributed by atoms with Crippen LogP contribution in [0.3, 0.4) is 0 Å². The molecule has 0 aliphatic heterocycles. The smallest absolute Gasteiger partial charge is 0.123 e. The van der Waals surface area contributed by atoms with Crippen LogP contribution in [-0.2, 0) is 12.8 Å². The van der Waals surface area contributed by atoms with Gasteiger partial charge in [0.1, 0.15) is 5.82 Å². The molecule has 0 aromatic heterocycles. The second-order valence-corrected chi connectivity index (χ2v) is 4.79. The Morgan fingerprint density at radius 3 is 2.22 bits per heavy atom. The van der Waals surface area contributed by atoms with E-state index in [1.54, 1.807) is 12.1 Å². The molecule has 2 aromatic rings. The van der Waals surface area contributed by atoms with E-state index in [1.165, 1.54) is 17.2 Å². The van der Waals surface area contributed by atoms with Gasteiger partial charge < -0.3 is 5.73 Å². The van der Waals surface area contributed by atoms with Crippen molar-refractivity contribution in [3.63, 3.8) is 0 Å². The molecule has 94 valence electrons. The Labute approximate surface area is 107 Å². The number of halogens is 1. The van der Waals surface area contributed by atoms with Gasteiger partial charge in [-0.25, -0.2) is 4.39 Å². The van der Waals surface area contributed by atoms with E-state index in [2.05, 4.69) is 25.1 Å². The first-order valence-corrected chi connectivity index (χ1v) is 6.19. The Morgan fingerprint density at radius 2 is 1.61 bits per heavy atom. The van der Waals surface area contributed by atoms with Crippen LogP contribution in [0.4, 0.5) is 4.39 Å². The van der Waals surface area contributed by atoms with Gasteiger partial charge >= 0.3 is 0 Å². The second kappa shape index (κ2) is 5.78.